The summed E-state index contributed by atoms with van der Waals surface area (Å²) in [6.07, 6.45) is 0. The molecule has 12 heteroatoms. The Bertz CT molecular complexity index is 1210. The number of fused-ring (bicyclic) bond motifs is 3. The molecule has 0 aliphatic heterocycles. The third kappa shape index (κ3) is 2.87. The Labute approximate surface area is 155 Å². The summed E-state index contributed by atoms with van der Waals surface area (Å²) in [5.74, 6) is 0. The Balaban J connectivity index is 0.00000208. The second kappa shape index (κ2) is 6.11. The minimum Gasteiger partial charge on any atom is -0.560 e. The SMILES string of the molecule is [NH-]S(=O)(=O)c1cccc2c1c([N+](=O)[O-])cc1[nH]c(=O)c(=O)[nH]c12.[Na+]. The molecule has 0 aliphatic rings. The molecule has 0 radical (unpaired) electrons. The fourth-order valence-corrected chi connectivity index (χ4v) is 3.12. The van der Waals surface area contributed by atoms with Crippen LogP contribution in [0.15, 0.2) is 38.8 Å². The molecular formula is C12H7N4NaO6S. The van der Waals surface area contributed by atoms with Crippen LogP contribution in [0.25, 0.3) is 26.9 Å². The largest absolute Gasteiger partial charge is 1.00 e. The molecule has 118 valence electrons. The van der Waals surface area contributed by atoms with Crippen LogP contribution in [0.1, 0.15) is 0 Å². The van der Waals surface area contributed by atoms with Gasteiger partial charge >= 0.3 is 40.7 Å². The van der Waals surface area contributed by atoms with Gasteiger partial charge in [0.1, 0.15) is 0 Å². The molecule has 10 nitrogen and oxygen atoms in total. The maximum Gasteiger partial charge on any atom is 1.00 e. The maximum absolute atomic E-state index is 11.6. The number of nitro groups is 1. The average Bonchev–Trinajstić information content (AvgIpc) is 2.46. The van der Waals surface area contributed by atoms with Crippen LogP contribution in [0.5, 0.6) is 0 Å². The van der Waals surface area contributed by atoms with Crippen LogP contribution < -0.4 is 40.7 Å². The van der Waals surface area contributed by atoms with E-state index in [-0.39, 0.29) is 51.4 Å². The van der Waals surface area contributed by atoms with Gasteiger partial charge < -0.3 is 15.1 Å². The molecule has 3 rings (SSSR count). The van der Waals surface area contributed by atoms with Crippen molar-refractivity contribution >= 4 is 37.5 Å². The van der Waals surface area contributed by atoms with Crippen LogP contribution in [0.2, 0.25) is 0 Å². The zero-order valence-electron chi connectivity index (χ0n) is 12.1. The van der Waals surface area contributed by atoms with E-state index in [1.54, 1.807) is 0 Å². The zero-order chi connectivity index (χ0) is 16.9. The molecule has 0 atom stereocenters. The summed E-state index contributed by atoms with van der Waals surface area (Å²) in [5, 5.41) is 18.2. The van der Waals surface area contributed by atoms with E-state index in [0.717, 1.165) is 12.1 Å². The second-order valence-electron chi connectivity index (χ2n) is 4.67. The second-order valence-corrected chi connectivity index (χ2v) is 6.11. The summed E-state index contributed by atoms with van der Waals surface area (Å²) in [6, 6.07) is 4.65. The number of sulfonamides is 1. The number of non-ortho nitro benzene ring substituents is 1. The van der Waals surface area contributed by atoms with E-state index < -0.39 is 36.6 Å². The third-order valence-corrected chi connectivity index (χ3v) is 4.20. The Morgan fingerprint density at radius 2 is 1.75 bits per heavy atom. The molecule has 24 heavy (non-hydrogen) atoms. The minimum atomic E-state index is -4.49. The van der Waals surface area contributed by atoms with Crippen molar-refractivity contribution < 1.29 is 42.9 Å². The van der Waals surface area contributed by atoms with Crippen LogP contribution in [0.3, 0.4) is 0 Å². The molecule has 0 saturated carbocycles. The van der Waals surface area contributed by atoms with Gasteiger partial charge in [0.15, 0.2) is 0 Å². The van der Waals surface area contributed by atoms with Gasteiger partial charge in [0.25, 0.3) is 5.69 Å². The van der Waals surface area contributed by atoms with Crippen molar-refractivity contribution in [3.63, 3.8) is 0 Å². The molecule has 0 amide bonds. The number of aromatic amines is 2. The Morgan fingerprint density at radius 3 is 2.33 bits per heavy atom. The van der Waals surface area contributed by atoms with E-state index in [1.807, 2.05) is 0 Å². The Morgan fingerprint density at radius 1 is 1.12 bits per heavy atom. The number of aromatic nitrogens is 2. The molecule has 1 heterocycles. The number of benzene rings is 2. The van der Waals surface area contributed by atoms with Gasteiger partial charge in [-0.15, -0.1) is 0 Å². The fraction of sp³-hybridized carbons (Fsp3) is 0. The van der Waals surface area contributed by atoms with Crippen LogP contribution in [-0.2, 0) is 10.0 Å². The summed E-state index contributed by atoms with van der Waals surface area (Å²) in [4.78, 5) is 37.2. The number of nitrogens with zero attached hydrogens (tertiary/aromatic N) is 1. The van der Waals surface area contributed by atoms with Crippen LogP contribution in [0, 0.1) is 10.1 Å². The van der Waals surface area contributed by atoms with E-state index >= 15 is 0 Å². The minimum absolute atomic E-state index is 0. The summed E-state index contributed by atoms with van der Waals surface area (Å²) >= 11 is 0. The number of hydrogen-bond donors (Lipinski definition) is 2. The molecule has 3 aromatic rings. The van der Waals surface area contributed by atoms with Gasteiger partial charge in [-0.25, -0.2) is 8.42 Å². The van der Waals surface area contributed by atoms with Gasteiger partial charge in [0.05, 0.1) is 36.3 Å². The molecule has 2 aromatic carbocycles. The molecule has 0 unspecified atom stereocenters. The smallest absolute Gasteiger partial charge is 0.560 e. The van der Waals surface area contributed by atoms with Crippen LogP contribution >= 0.6 is 0 Å². The van der Waals surface area contributed by atoms with Gasteiger partial charge in [0, 0.05) is 11.5 Å². The van der Waals surface area contributed by atoms with Crippen molar-refractivity contribution in [2.75, 3.05) is 0 Å². The van der Waals surface area contributed by atoms with Gasteiger partial charge in [0.2, 0.25) is 0 Å². The average molecular weight is 358 g/mol. The number of rotatable bonds is 2. The topological polar surface area (TPSA) is 167 Å². The molecule has 0 bridgehead atoms. The van der Waals surface area contributed by atoms with Crippen molar-refractivity contribution in [2.45, 2.75) is 4.90 Å². The number of nitro benzene ring substituents is 1. The van der Waals surface area contributed by atoms with Gasteiger partial charge in [-0.1, -0.05) is 12.1 Å². The Kier molecular flexibility index (Phi) is 4.65. The first-order chi connectivity index (χ1) is 10.7. The summed E-state index contributed by atoms with van der Waals surface area (Å²) in [7, 11) is -4.49. The van der Waals surface area contributed by atoms with Crippen molar-refractivity contribution in [3.05, 3.63) is 60.2 Å². The first-order valence-corrected chi connectivity index (χ1v) is 7.54. The molecule has 1 aromatic heterocycles. The van der Waals surface area contributed by atoms with Gasteiger partial charge in [-0.05, 0) is 6.07 Å². The first-order valence-electron chi connectivity index (χ1n) is 6.06. The third-order valence-electron chi connectivity index (χ3n) is 3.28. The zero-order valence-corrected chi connectivity index (χ0v) is 14.9. The number of nitrogens with one attached hydrogen (secondary N) is 3. The van der Waals surface area contributed by atoms with Gasteiger partial charge in [-0.3, -0.25) is 19.7 Å². The number of hydrogen-bond acceptors (Lipinski definition) is 6. The molecular weight excluding hydrogens is 351 g/mol. The van der Waals surface area contributed by atoms with E-state index in [2.05, 4.69) is 9.97 Å². The van der Waals surface area contributed by atoms with Gasteiger partial charge in [-0.2, -0.15) is 0 Å². The molecule has 0 spiro atoms. The van der Waals surface area contributed by atoms with E-state index in [1.165, 1.54) is 12.1 Å². The van der Waals surface area contributed by atoms with Crippen molar-refractivity contribution in [1.82, 2.24) is 9.97 Å². The van der Waals surface area contributed by atoms with Crippen LogP contribution in [-0.4, -0.2) is 23.3 Å². The quantitative estimate of drug-likeness (QED) is 0.177. The summed E-state index contributed by atoms with van der Waals surface area (Å²) < 4.78 is 23.2. The molecule has 3 N–H and O–H groups in total. The summed E-state index contributed by atoms with van der Waals surface area (Å²) in [6.45, 7) is 0. The monoisotopic (exact) mass is 358 g/mol. The van der Waals surface area contributed by atoms with E-state index in [4.69, 9.17) is 5.14 Å². The van der Waals surface area contributed by atoms with Crippen molar-refractivity contribution in [1.29, 1.82) is 0 Å². The summed E-state index contributed by atoms with van der Waals surface area (Å²) in [5.41, 5.74) is -2.54. The normalized spacial score (nSPS) is 11.4. The molecule has 0 aliphatic carbocycles. The first kappa shape index (κ1) is 18.3. The molecule has 0 saturated heterocycles. The fourth-order valence-electron chi connectivity index (χ4n) is 2.38. The van der Waals surface area contributed by atoms with Crippen molar-refractivity contribution in [2.24, 2.45) is 0 Å². The number of H-pyrrole nitrogens is 2. The van der Waals surface area contributed by atoms with Crippen LogP contribution in [0.4, 0.5) is 5.69 Å². The van der Waals surface area contributed by atoms with E-state index in [0.29, 0.717) is 0 Å². The van der Waals surface area contributed by atoms with E-state index in [9.17, 15) is 28.1 Å². The standard InChI is InChI=1S/C12H8N4O6S.Na/c13-23(21,22)8-3-1-2-5-9(8)7(16(19)20)4-6-10(5)15-12(18)11(17)14-6;/h1-4H,(H4,13,14,15,17,18,21,22);/q;+1/p-1. The Hall–Kier alpha value is -2.05. The predicted molar refractivity (Wildman–Crippen MR) is 80.9 cm³/mol. The van der Waals surface area contributed by atoms with Crippen molar-refractivity contribution in [3.8, 4) is 0 Å². The predicted octanol–water partition coefficient (Wildman–Crippen LogP) is -1.98. The molecule has 0 fully saturated rings. The maximum atomic E-state index is 11.6.